The standard InChI is InChI=1S/C12H19N3OS/c1-9-8-17-12(14-9)7-15(2)10-3-4-11(16)13-6-5-10/h8,10H,3-7H2,1-2H3,(H,13,16)/t10-/m1/s1. The van der Waals surface area contributed by atoms with Gasteiger partial charge in [-0.05, 0) is 26.8 Å². The number of nitrogens with one attached hydrogen (secondary N) is 1. The summed E-state index contributed by atoms with van der Waals surface area (Å²) in [6, 6.07) is 0.484. The molecule has 0 spiro atoms. The summed E-state index contributed by atoms with van der Waals surface area (Å²) in [7, 11) is 2.12. The molecular weight excluding hydrogens is 234 g/mol. The molecule has 1 fully saturated rings. The minimum atomic E-state index is 0.186. The van der Waals surface area contributed by atoms with Gasteiger partial charge in [-0.2, -0.15) is 0 Å². The first kappa shape index (κ1) is 12.5. The van der Waals surface area contributed by atoms with E-state index in [-0.39, 0.29) is 5.91 Å². The zero-order valence-electron chi connectivity index (χ0n) is 10.4. The van der Waals surface area contributed by atoms with E-state index >= 15 is 0 Å². The number of hydrogen-bond acceptors (Lipinski definition) is 4. The van der Waals surface area contributed by atoms with E-state index in [1.807, 2.05) is 6.92 Å². The van der Waals surface area contributed by atoms with Crippen LogP contribution < -0.4 is 5.32 Å². The summed E-state index contributed by atoms with van der Waals surface area (Å²) in [5.74, 6) is 0.186. The van der Waals surface area contributed by atoms with Crippen molar-refractivity contribution in [2.24, 2.45) is 0 Å². The first-order chi connectivity index (χ1) is 8.15. The summed E-state index contributed by atoms with van der Waals surface area (Å²) in [4.78, 5) is 18.1. The maximum absolute atomic E-state index is 11.3. The summed E-state index contributed by atoms with van der Waals surface area (Å²) in [5, 5.41) is 6.16. The first-order valence-corrected chi connectivity index (χ1v) is 6.91. The van der Waals surface area contributed by atoms with Crippen molar-refractivity contribution in [3.63, 3.8) is 0 Å². The van der Waals surface area contributed by atoms with Gasteiger partial charge in [0.15, 0.2) is 0 Å². The van der Waals surface area contributed by atoms with Crippen LogP contribution in [0, 0.1) is 6.92 Å². The smallest absolute Gasteiger partial charge is 0.220 e. The van der Waals surface area contributed by atoms with E-state index in [1.165, 1.54) is 0 Å². The lowest BCUT2D eigenvalue weighted by atomic mass is 10.1. The molecule has 2 heterocycles. The Morgan fingerprint density at radius 3 is 3.12 bits per heavy atom. The molecule has 0 aliphatic carbocycles. The average molecular weight is 253 g/mol. The third kappa shape index (κ3) is 3.51. The number of hydrogen-bond donors (Lipinski definition) is 1. The Hall–Kier alpha value is -0.940. The highest BCUT2D eigenvalue weighted by atomic mass is 32.1. The molecule has 0 bridgehead atoms. The molecule has 0 aromatic carbocycles. The second-order valence-corrected chi connectivity index (χ2v) is 5.57. The van der Waals surface area contributed by atoms with Crippen molar-refractivity contribution >= 4 is 17.2 Å². The van der Waals surface area contributed by atoms with Gasteiger partial charge in [0.1, 0.15) is 5.01 Å². The van der Waals surface area contributed by atoms with Gasteiger partial charge >= 0.3 is 0 Å². The maximum atomic E-state index is 11.3. The normalized spacial score (nSPS) is 21.4. The third-order valence-corrected chi connectivity index (χ3v) is 4.13. The number of carbonyl (C=O) groups excluding carboxylic acids is 1. The van der Waals surface area contributed by atoms with Crippen LogP contribution in [0.25, 0.3) is 0 Å². The van der Waals surface area contributed by atoms with E-state index in [0.717, 1.165) is 36.6 Å². The van der Waals surface area contributed by atoms with Crippen LogP contribution in [-0.2, 0) is 11.3 Å². The highest BCUT2D eigenvalue weighted by molar-refractivity contribution is 7.09. The van der Waals surface area contributed by atoms with Crippen molar-refractivity contribution in [1.29, 1.82) is 0 Å². The Labute approximate surface area is 106 Å². The molecule has 1 N–H and O–H groups in total. The second kappa shape index (κ2) is 5.60. The molecule has 2 rings (SSSR count). The Kier molecular flexibility index (Phi) is 4.12. The van der Waals surface area contributed by atoms with E-state index in [9.17, 15) is 4.79 Å². The van der Waals surface area contributed by atoms with Crippen LogP contribution in [0.5, 0.6) is 0 Å². The quantitative estimate of drug-likeness (QED) is 0.889. The Morgan fingerprint density at radius 2 is 2.41 bits per heavy atom. The van der Waals surface area contributed by atoms with Crippen LogP contribution in [0.1, 0.15) is 30.0 Å². The van der Waals surface area contributed by atoms with Crippen molar-refractivity contribution in [2.45, 2.75) is 38.8 Å². The van der Waals surface area contributed by atoms with E-state index < -0.39 is 0 Å². The van der Waals surface area contributed by atoms with Gasteiger partial charge in [0.2, 0.25) is 5.91 Å². The Morgan fingerprint density at radius 1 is 1.59 bits per heavy atom. The van der Waals surface area contributed by atoms with Gasteiger partial charge in [-0.15, -0.1) is 11.3 Å². The summed E-state index contributed by atoms with van der Waals surface area (Å²) in [5.41, 5.74) is 1.09. The van der Waals surface area contributed by atoms with Gasteiger partial charge < -0.3 is 5.32 Å². The molecule has 0 radical (unpaired) electrons. The topological polar surface area (TPSA) is 45.2 Å². The lowest BCUT2D eigenvalue weighted by Gasteiger charge is -2.25. The lowest BCUT2D eigenvalue weighted by Crippen LogP contribution is -2.32. The van der Waals surface area contributed by atoms with Gasteiger partial charge in [-0.25, -0.2) is 4.98 Å². The minimum Gasteiger partial charge on any atom is -0.356 e. The summed E-state index contributed by atoms with van der Waals surface area (Å²) in [6.45, 7) is 3.70. The fourth-order valence-electron chi connectivity index (χ4n) is 2.17. The molecule has 4 nitrogen and oxygen atoms in total. The SMILES string of the molecule is Cc1csc(CN(C)[C@H]2CCNC(=O)CC2)n1. The van der Waals surface area contributed by atoms with Gasteiger partial charge in [-0.3, -0.25) is 9.69 Å². The van der Waals surface area contributed by atoms with Crippen molar-refractivity contribution in [3.05, 3.63) is 16.1 Å². The molecule has 1 saturated heterocycles. The van der Waals surface area contributed by atoms with E-state index in [1.54, 1.807) is 11.3 Å². The molecule has 1 aromatic rings. The largest absolute Gasteiger partial charge is 0.356 e. The maximum Gasteiger partial charge on any atom is 0.220 e. The molecule has 1 aromatic heterocycles. The molecule has 5 heteroatoms. The zero-order valence-corrected chi connectivity index (χ0v) is 11.2. The minimum absolute atomic E-state index is 0.186. The number of aromatic nitrogens is 1. The number of thiazole rings is 1. The molecule has 1 atom stereocenters. The molecular formula is C12H19N3OS. The molecule has 0 saturated carbocycles. The lowest BCUT2D eigenvalue weighted by molar-refractivity contribution is -0.120. The number of aryl methyl sites for hydroxylation is 1. The average Bonchev–Trinajstić information content (AvgIpc) is 2.56. The molecule has 94 valence electrons. The monoisotopic (exact) mass is 253 g/mol. The number of rotatable bonds is 3. The fourth-order valence-corrected chi connectivity index (χ4v) is 3.00. The highest BCUT2D eigenvalue weighted by Crippen LogP contribution is 2.17. The number of nitrogens with zero attached hydrogens (tertiary/aromatic N) is 2. The van der Waals surface area contributed by atoms with Crippen molar-refractivity contribution < 1.29 is 4.79 Å². The van der Waals surface area contributed by atoms with Crippen LogP contribution in [0.15, 0.2) is 5.38 Å². The number of amides is 1. The van der Waals surface area contributed by atoms with Gasteiger partial charge in [0.25, 0.3) is 0 Å². The van der Waals surface area contributed by atoms with Crippen molar-refractivity contribution in [1.82, 2.24) is 15.2 Å². The van der Waals surface area contributed by atoms with Crippen LogP contribution in [0.4, 0.5) is 0 Å². The van der Waals surface area contributed by atoms with Crippen LogP contribution in [0.2, 0.25) is 0 Å². The first-order valence-electron chi connectivity index (χ1n) is 6.03. The van der Waals surface area contributed by atoms with Crippen LogP contribution >= 0.6 is 11.3 Å². The molecule has 17 heavy (non-hydrogen) atoms. The molecule has 1 aliphatic heterocycles. The predicted molar refractivity (Wildman–Crippen MR) is 69.0 cm³/mol. The van der Waals surface area contributed by atoms with Crippen molar-refractivity contribution in [3.8, 4) is 0 Å². The second-order valence-electron chi connectivity index (χ2n) is 4.63. The van der Waals surface area contributed by atoms with Crippen LogP contribution in [-0.4, -0.2) is 35.4 Å². The van der Waals surface area contributed by atoms with E-state index in [2.05, 4.69) is 27.6 Å². The van der Waals surface area contributed by atoms with Gasteiger partial charge in [-0.1, -0.05) is 0 Å². The van der Waals surface area contributed by atoms with E-state index in [0.29, 0.717) is 12.5 Å². The molecule has 0 unspecified atom stereocenters. The third-order valence-electron chi connectivity index (χ3n) is 3.18. The number of carbonyl (C=O) groups is 1. The Bertz CT molecular complexity index is 391. The van der Waals surface area contributed by atoms with Crippen LogP contribution in [0.3, 0.4) is 0 Å². The van der Waals surface area contributed by atoms with Gasteiger partial charge in [0.05, 0.1) is 6.54 Å². The molecule has 1 aliphatic rings. The summed E-state index contributed by atoms with van der Waals surface area (Å²) in [6.07, 6.45) is 2.63. The molecule has 1 amide bonds. The zero-order chi connectivity index (χ0) is 12.3. The Balaban J connectivity index is 1.90. The predicted octanol–water partition coefficient (Wildman–Crippen LogP) is 1.55. The fraction of sp³-hybridized carbons (Fsp3) is 0.667. The summed E-state index contributed by atoms with van der Waals surface area (Å²) >= 11 is 1.71. The van der Waals surface area contributed by atoms with Gasteiger partial charge in [0, 0.05) is 30.1 Å². The highest BCUT2D eigenvalue weighted by Gasteiger charge is 2.20. The summed E-state index contributed by atoms with van der Waals surface area (Å²) < 4.78 is 0. The van der Waals surface area contributed by atoms with E-state index in [4.69, 9.17) is 0 Å². The van der Waals surface area contributed by atoms with Crippen molar-refractivity contribution in [2.75, 3.05) is 13.6 Å².